The third-order valence-corrected chi connectivity index (χ3v) is 6.86. The molecule has 1 fully saturated rings. The normalized spacial score (nSPS) is 14.3. The molecule has 37 heavy (non-hydrogen) atoms. The van der Waals surface area contributed by atoms with Gasteiger partial charge in [-0.25, -0.2) is 4.39 Å². The summed E-state index contributed by atoms with van der Waals surface area (Å²) in [7, 11) is 0. The van der Waals surface area contributed by atoms with Gasteiger partial charge in [0.2, 0.25) is 0 Å². The highest BCUT2D eigenvalue weighted by molar-refractivity contribution is 8.27. The van der Waals surface area contributed by atoms with Gasteiger partial charge < -0.3 is 14.8 Å². The van der Waals surface area contributed by atoms with Crippen LogP contribution in [0.4, 0.5) is 15.8 Å². The number of benzene rings is 3. The van der Waals surface area contributed by atoms with E-state index in [1.165, 1.54) is 34.9 Å². The molecule has 3 aromatic rings. The minimum absolute atomic E-state index is 0.0468. The first-order valence-corrected chi connectivity index (χ1v) is 12.9. The van der Waals surface area contributed by atoms with Crippen molar-refractivity contribution in [2.45, 2.75) is 13.8 Å². The van der Waals surface area contributed by atoms with Crippen molar-refractivity contribution < 1.29 is 23.5 Å². The number of hydrogen-bond acceptors (Lipinski definition) is 6. The monoisotopic (exact) mass is 556 g/mol. The summed E-state index contributed by atoms with van der Waals surface area (Å²) in [6, 6.07) is 16.6. The topological polar surface area (TPSA) is 67.9 Å². The molecule has 2 amide bonds. The molecule has 10 heteroatoms. The smallest absolute Gasteiger partial charge is 0.270 e. The number of para-hydroxylation sites is 2. The molecule has 0 unspecified atom stereocenters. The average molecular weight is 557 g/mol. The number of carbonyl (C=O) groups is 2. The summed E-state index contributed by atoms with van der Waals surface area (Å²) in [6.07, 6.45) is 1.68. The highest BCUT2D eigenvalue weighted by atomic mass is 35.5. The minimum atomic E-state index is -0.562. The number of ether oxygens (including phenoxy) is 2. The molecule has 3 aromatic carbocycles. The van der Waals surface area contributed by atoms with Crippen LogP contribution in [-0.2, 0) is 9.59 Å². The highest BCUT2D eigenvalue weighted by Crippen LogP contribution is 2.40. The van der Waals surface area contributed by atoms with Crippen molar-refractivity contribution >= 4 is 69.2 Å². The zero-order valence-corrected chi connectivity index (χ0v) is 22.3. The highest BCUT2D eigenvalue weighted by Gasteiger charge is 2.34. The number of thioether (sulfide) groups is 1. The van der Waals surface area contributed by atoms with Crippen LogP contribution in [-0.4, -0.2) is 29.3 Å². The second-order valence-electron chi connectivity index (χ2n) is 7.88. The van der Waals surface area contributed by atoms with Gasteiger partial charge in [-0.1, -0.05) is 65.9 Å². The summed E-state index contributed by atoms with van der Waals surface area (Å²) in [6.45, 7) is 3.61. The van der Waals surface area contributed by atoms with Crippen molar-refractivity contribution in [1.29, 1.82) is 0 Å². The zero-order chi connectivity index (χ0) is 26.5. The summed E-state index contributed by atoms with van der Waals surface area (Å²) < 4.78 is 25.6. The van der Waals surface area contributed by atoms with E-state index in [0.717, 1.165) is 11.3 Å². The molecule has 1 aliphatic heterocycles. The Labute approximate surface area is 228 Å². The SMILES string of the molecule is CCOc1cc(/C=C2\SC(=S)N(c3ccccc3C)C2=O)cc(Cl)c1OCC(=O)Nc1ccccc1F. The molecule has 0 radical (unpaired) electrons. The van der Waals surface area contributed by atoms with Crippen LogP contribution in [0.3, 0.4) is 0 Å². The van der Waals surface area contributed by atoms with E-state index in [2.05, 4.69) is 5.32 Å². The van der Waals surface area contributed by atoms with Crippen molar-refractivity contribution in [2.75, 3.05) is 23.4 Å². The van der Waals surface area contributed by atoms with Crippen molar-refractivity contribution in [2.24, 2.45) is 0 Å². The molecule has 0 aliphatic carbocycles. The molecular formula is C27H22ClFN2O4S2. The lowest BCUT2D eigenvalue weighted by Crippen LogP contribution is -2.28. The molecule has 0 aromatic heterocycles. The minimum Gasteiger partial charge on any atom is -0.490 e. The molecule has 0 saturated carbocycles. The first kappa shape index (κ1) is 26.7. The Bertz CT molecular complexity index is 1410. The lowest BCUT2D eigenvalue weighted by molar-refractivity contribution is -0.118. The van der Waals surface area contributed by atoms with E-state index in [9.17, 15) is 14.0 Å². The summed E-state index contributed by atoms with van der Waals surface area (Å²) in [5, 5.41) is 2.64. The fourth-order valence-electron chi connectivity index (χ4n) is 3.60. The molecule has 1 heterocycles. The van der Waals surface area contributed by atoms with E-state index in [4.69, 9.17) is 33.3 Å². The molecule has 1 aliphatic rings. The van der Waals surface area contributed by atoms with Crippen LogP contribution >= 0.6 is 35.6 Å². The maximum absolute atomic E-state index is 13.8. The molecule has 0 spiro atoms. The van der Waals surface area contributed by atoms with Crippen LogP contribution in [0.15, 0.2) is 65.6 Å². The maximum atomic E-state index is 13.8. The summed E-state index contributed by atoms with van der Waals surface area (Å²) >= 11 is 13.2. The maximum Gasteiger partial charge on any atom is 0.270 e. The Morgan fingerprint density at radius 1 is 1.16 bits per heavy atom. The summed E-state index contributed by atoms with van der Waals surface area (Å²) in [5.41, 5.74) is 2.31. The lowest BCUT2D eigenvalue weighted by atomic mass is 10.1. The predicted molar refractivity (Wildman–Crippen MR) is 150 cm³/mol. The second kappa shape index (κ2) is 11.8. The number of amides is 2. The molecule has 1 saturated heterocycles. The van der Waals surface area contributed by atoms with Crippen LogP contribution in [0.1, 0.15) is 18.1 Å². The molecule has 0 atom stereocenters. The Balaban J connectivity index is 1.54. The Hall–Kier alpha value is -3.40. The number of hydrogen-bond donors (Lipinski definition) is 1. The van der Waals surface area contributed by atoms with E-state index in [0.29, 0.717) is 27.1 Å². The number of nitrogens with one attached hydrogen (secondary N) is 1. The molecule has 1 N–H and O–H groups in total. The van der Waals surface area contributed by atoms with Crippen LogP contribution in [0.25, 0.3) is 6.08 Å². The molecule has 6 nitrogen and oxygen atoms in total. The lowest BCUT2D eigenvalue weighted by Gasteiger charge is -2.16. The summed E-state index contributed by atoms with van der Waals surface area (Å²) in [5.74, 6) is -0.886. The van der Waals surface area contributed by atoms with Crippen LogP contribution in [0, 0.1) is 12.7 Å². The van der Waals surface area contributed by atoms with Crippen molar-refractivity contribution in [3.63, 3.8) is 0 Å². The number of thiocarbonyl (C=S) groups is 1. The van der Waals surface area contributed by atoms with Crippen molar-refractivity contribution in [1.82, 2.24) is 0 Å². The van der Waals surface area contributed by atoms with Gasteiger partial charge in [-0.05, 0) is 61.4 Å². The fraction of sp³-hybridized carbons (Fsp3) is 0.148. The first-order valence-electron chi connectivity index (χ1n) is 11.3. The summed E-state index contributed by atoms with van der Waals surface area (Å²) in [4.78, 5) is 27.4. The zero-order valence-electron chi connectivity index (χ0n) is 19.9. The predicted octanol–water partition coefficient (Wildman–Crippen LogP) is 6.61. The molecule has 4 rings (SSSR count). The number of carbonyl (C=O) groups excluding carboxylic acids is 2. The quantitative estimate of drug-likeness (QED) is 0.249. The van der Waals surface area contributed by atoms with Gasteiger partial charge in [0.25, 0.3) is 11.8 Å². The van der Waals surface area contributed by atoms with Crippen LogP contribution in [0.2, 0.25) is 5.02 Å². The standard InChI is InChI=1S/C27H22ClFN2O4S2/c1-3-34-22-13-17(14-23-26(33)31(27(36)37-23)21-11-7-4-8-16(21)2)12-18(28)25(22)35-15-24(32)30-20-10-6-5-9-19(20)29/h4-14H,3,15H2,1-2H3,(H,30,32)/b23-14-. The second-order valence-corrected chi connectivity index (χ2v) is 9.97. The number of anilines is 2. The van der Waals surface area contributed by atoms with Gasteiger partial charge in [0.1, 0.15) is 5.82 Å². The molecular weight excluding hydrogens is 535 g/mol. The Kier molecular flexibility index (Phi) is 8.48. The number of halogens is 2. The van der Waals surface area contributed by atoms with Gasteiger partial charge in [-0.2, -0.15) is 0 Å². The van der Waals surface area contributed by atoms with E-state index < -0.39 is 18.3 Å². The van der Waals surface area contributed by atoms with Gasteiger partial charge in [0.05, 0.1) is 27.9 Å². The number of aryl methyl sites for hydroxylation is 1. The third kappa shape index (κ3) is 6.12. The van der Waals surface area contributed by atoms with E-state index in [-0.39, 0.29) is 22.4 Å². The van der Waals surface area contributed by atoms with Crippen molar-refractivity contribution in [3.05, 3.63) is 87.5 Å². The molecule has 0 bridgehead atoms. The Morgan fingerprint density at radius 2 is 1.89 bits per heavy atom. The fourth-order valence-corrected chi connectivity index (χ4v) is 5.16. The third-order valence-electron chi connectivity index (χ3n) is 5.28. The molecule has 190 valence electrons. The van der Waals surface area contributed by atoms with E-state index in [1.807, 2.05) is 31.2 Å². The van der Waals surface area contributed by atoms with Crippen LogP contribution in [0.5, 0.6) is 11.5 Å². The first-order chi connectivity index (χ1) is 17.8. The van der Waals surface area contributed by atoms with Gasteiger partial charge in [0.15, 0.2) is 22.4 Å². The van der Waals surface area contributed by atoms with Gasteiger partial charge in [-0.15, -0.1) is 0 Å². The van der Waals surface area contributed by atoms with Crippen LogP contribution < -0.4 is 19.7 Å². The largest absolute Gasteiger partial charge is 0.490 e. The average Bonchev–Trinajstić information content (AvgIpc) is 3.13. The van der Waals surface area contributed by atoms with Gasteiger partial charge in [0, 0.05) is 0 Å². The van der Waals surface area contributed by atoms with Gasteiger partial charge >= 0.3 is 0 Å². The van der Waals surface area contributed by atoms with E-state index >= 15 is 0 Å². The van der Waals surface area contributed by atoms with Gasteiger partial charge in [-0.3, -0.25) is 14.5 Å². The Morgan fingerprint density at radius 3 is 2.62 bits per heavy atom. The number of nitrogens with zero attached hydrogens (tertiary/aromatic N) is 1. The van der Waals surface area contributed by atoms with Crippen molar-refractivity contribution in [3.8, 4) is 11.5 Å². The number of rotatable bonds is 8. The van der Waals surface area contributed by atoms with E-state index in [1.54, 1.807) is 31.2 Å².